The maximum Gasteiger partial charge on any atom is 0.127 e. The van der Waals surface area contributed by atoms with Crippen LogP contribution >= 0.6 is 15.9 Å². The Morgan fingerprint density at radius 3 is 2.71 bits per heavy atom. The molecule has 0 radical (unpaired) electrons. The summed E-state index contributed by atoms with van der Waals surface area (Å²) in [5, 5.41) is 10.3. The highest BCUT2D eigenvalue weighted by molar-refractivity contribution is 9.10. The number of benzene rings is 2. The SMILES string of the molecule is COCc1ccc(C2C[C@@H](O)c3cc(Br)ccc3O2)cc1. The second kappa shape index (κ2) is 6.18. The summed E-state index contributed by atoms with van der Waals surface area (Å²) in [7, 11) is 1.68. The number of ether oxygens (including phenoxy) is 2. The molecule has 2 aromatic carbocycles. The Hall–Kier alpha value is -1.36. The average Bonchev–Trinajstić information content (AvgIpc) is 2.49. The van der Waals surface area contributed by atoms with Gasteiger partial charge in [0.1, 0.15) is 11.9 Å². The number of hydrogen-bond acceptors (Lipinski definition) is 3. The topological polar surface area (TPSA) is 38.7 Å². The molecule has 1 aliphatic rings. The molecule has 1 aliphatic heterocycles. The van der Waals surface area contributed by atoms with Crippen molar-refractivity contribution in [3.05, 3.63) is 63.6 Å². The van der Waals surface area contributed by atoms with E-state index < -0.39 is 6.10 Å². The summed E-state index contributed by atoms with van der Waals surface area (Å²) in [5.74, 6) is 0.753. The summed E-state index contributed by atoms with van der Waals surface area (Å²) in [6.45, 7) is 0.602. The van der Waals surface area contributed by atoms with Gasteiger partial charge in [-0.1, -0.05) is 40.2 Å². The third-order valence-electron chi connectivity index (χ3n) is 3.70. The molecule has 0 bridgehead atoms. The summed E-state index contributed by atoms with van der Waals surface area (Å²) < 4.78 is 12.1. The first-order valence-electron chi connectivity index (χ1n) is 6.89. The molecular weight excluding hydrogens is 332 g/mol. The molecule has 1 unspecified atom stereocenters. The number of aliphatic hydroxyl groups excluding tert-OH is 1. The van der Waals surface area contributed by atoms with Gasteiger partial charge in [-0.25, -0.2) is 0 Å². The lowest BCUT2D eigenvalue weighted by Gasteiger charge is -2.30. The molecule has 2 aromatic rings. The minimum Gasteiger partial charge on any atom is -0.485 e. The van der Waals surface area contributed by atoms with Gasteiger partial charge in [-0.15, -0.1) is 0 Å². The normalized spacial score (nSPS) is 20.7. The second-order valence-electron chi connectivity index (χ2n) is 5.21. The Morgan fingerprint density at radius 1 is 1.24 bits per heavy atom. The quantitative estimate of drug-likeness (QED) is 0.905. The van der Waals surface area contributed by atoms with E-state index in [1.165, 1.54) is 0 Å². The van der Waals surface area contributed by atoms with Crippen molar-refractivity contribution >= 4 is 15.9 Å². The zero-order chi connectivity index (χ0) is 14.8. The molecule has 110 valence electrons. The molecule has 21 heavy (non-hydrogen) atoms. The van der Waals surface area contributed by atoms with E-state index in [4.69, 9.17) is 9.47 Å². The molecular formula is C17H17BrO3. The third kappa shape index (κ3) is 3.12. The Labute approximate surface area is 132 Å². The zero-order valence-electron chi connectivity index (χ0n) is 11.8. The minimum atomic E-state index is -0.505. The number of halogens is 1. The van der Waals surface area contributed by atoms with E-state index in [2.05, 4.69) is 15.9 Å². The number of fused-ring (bicyclic) bond motifs is 1. The Morgan fingerprint density at radius 2 is 2.00 bits per heavy atom. The zero-order valence-corrected chi connectivity index (χ0v) is 13.3. The minimum absolute atomic E-state index is 0.120. The molecule has 0 amide bonds. The summed E-state index contributed by atoms with van der Waals surface area (Å²) in [6.07, 6.45) is -0.0623. The lowest BCUT2D eigenvalue weighted by Crippen LogP contribution is -2.19. The molecule has 0 fully saturated rings. The van der Waals surface area contributed by atoms with Crippen molar-refractivity contribution in [2.24, 2.45) is 0 Å². The monoisotopic (exact) mass is 348 g/mol. The van der Waals surface area contributed by atoms with Crippen molar-refractivity contribution in [3.8, 4) is 5.75 Å². The molecule has 0 saturated carbocycles. The molecule has 0 aliphatic carbocycles. The Bertz CT molecular complexity index is 624. The van der Waals surface area contributed by atoms with E-state index in [9.17, 15) is 5.11 Å². The Kier molecular flexibility index (Phi) is 4.29. The molecule has 1 heterocycles. The van der Waals surface area contributed by atoms with Gasteiger partial charge in [0.2, 0.25) is 0 Å². The molecule has 1 N–H and O–H groups in total. The number of methoxy groups -OCH3 is 1. The lowest BCUT2D eigenvalue weighted by atomic mass is 9.94. The van der Waals surface area contributed by atoms with Gasteiger partial charge in [-0.05, 0) is 29.3 Å². The lowest BCUT2D eigenvalue weighted by molar-refractivity contribution is 0.0656. The highest BCUT2D eigenvalue weighted by Gasteiger charge is 2.28. The predicted molar refractivity (Wildman–Crippen MR) is 84.2 cm³/mol. The van der Waals surface area contributed by atoms with Crippen LogP contribution in [0.3, 0.4) is 0 Å². The van der Waals surface area contributed by atoms with Crippen LogP contribution in [-0.2, 0) is 11.3 Å². The summed E-state index contributed by atoms with van der Waals surface area (Å²) >= 11 is 3.42. The van der Waals surface area contributed by atoms with Crippen molar-refractivity contribution in [2.45, 2.75) is 25.2 Å². The van der Waals surface area contributed by atoms with E-state index in [-0.39, 0.29) is 6.10 Å². The van der Waals surface area contributed by atoms with Crippen LogP contribution in [0.2, 0.25) is 0 Å². The molecule has 4 heteroatoms. The van der Waals surface area contributed by atoms with Crippen molar-refractivity contribution in [3.63, 3.8) is 0 Å². The number of aliphatic hydroxyl groups is 1. The van der Waals surface area contributed by atoms with E-state index in [0.717, 1.165) is 26.9 Å². The molecule has 0 spiro atoms. The van der Waals surface area contributed by atoms with Gasteiger partial charge in [0, 0.05) is 23.6 Å². The fraction of sp³-hybridized carbons (Fsp3) is 0.294. The molecule has 0 aromatic heterocycles. The van der Waals surface area contributed by atoms with Gasteiger partial charge in [-0.2, -0.15) is 0 Å². The first-order valence-corrected chi connectivity index (χ1v) is 7.68. The van der Waals surface area contributed by atoms with E-state index in [1.807, 2.05) is 42.5 Å². The maximum absolute atomic E-state index is 10.3. The summed E-state index contributed by atoms with van der Waals surface area (Å²) in [4.78, 5) is 0. The summed E-state index contributed by atoms with van der Waals surface area (Å²) in [6, 6.07) is 13.9. The third-order valence-corrected chi connectivity index (χ3v) is 4.19. The van der Waals surface area contributed by atoms with Gasteiger partial charge in [0.25, 0.3) is 0 Å². The fourth-order valence-corrected chi connectivity index (χ4v) is 3.00. The van der Waals surface area contributed by atoms with Crippen LogP contribution in [0.15, 0.2) is 46.9 Å². The van der Waals surface area contributed by atoms with Gasteiger partial charge in [0.15, 0.2) is 0 Å². The fourth-order valence-electron chi connectivity index (χ4n) is 2.62. The van der Waals surface area contributed by atoms with Gasteiger partial charge < -0.3 is 14.6 Å². The second-order valence-corrected chi connectivity index (χ2v) is 6.13. The van der Waals surface area contributed by atoms with E-state index in [0.29, 0.717) is 13.0 Å². The maximum atomic E-state index is 10.3. The Balaban J connectivity index is 1.83. The number of hydrogen-bond donors (Lipinski definition) is 1. The summed E-state index contributed by atoms with van der Waals surface area (Å²) in [5.41, 5.74) is 3.04. The van der Waals surface area contributed by atoms with Crippen LogP contribution in [0.4, 0.5) is 0 Å². The average molecular weight is 349 g/mol. The largest absolute Gasteiger partial charge is 0.485 e. The van der Waals surface area contributed by atoms with Crippen LogP contribution in [0.25, 0.3) is 0 Å². The molecule has 3 rings (SSSR count). The van der Waals surface area contributed by atoms with E-state index >= 15 is 0 Å². The van der Waals surface area contributed by atoms with Crippen LogP contribution in [0, 0.1) is 0 Å². The molecule has 2 atom stereocenters. The first-order chi connectivity index (χ1) is 10.2. The number of rotatable bonds is 3. The van der Waals surface area contributed by atoms with Crippen LogP contribution in [-0.4, -0.2) is 12.2 Å². The van der Waals surface area contributed by atoms with Crippen molar-refractivity contribution in [2.75, 3.05) is 7.11 Å². The molecule has 0 saturated heterocycles. The highest BCUT2D eigenvalue weighted by atomic mass is 79.9. The highest BCUT2D eigenvalue weighted by Crippen LogP contribution is 2.41. The van der Waals surface area contributed by atoms with Crippen LogP contribution < -0.4 is 4.74 Å². The van der Waals surface area contributed by atoms with Crippen LogP contribution in [0.5, 0.6) is 5.75 Å². The van der Waals surface area contributed by atoms with Crippen LogP contribution in [0.1, 0.15) is 35.3 Å². The predicted octanol–water partition coefficient (Wildman–Crippen LogP) is 4.15. The molecule has 3 nitrogen and oxygen atoms in total. The van der Waals surface area contributed by atoms with Crippen molar-refractivity contribution in [1.29, 1.82) is 0 Å². The van der Waals surface area contributed by atoms with Gasteiger partial charge in [-0.3, -0.25) is 0 Å². The first kappa shape index (κ1) is 14.6. The van der Waals surface area contributed by atoms with Crippen molar-refractivity contribution in [1.82, 2.24) is 0 Å². The van der Waals surface area contributed by atoms with Crippen molar-refractivity contribution < 1.29 is 14.6 Å². The van der Waals surface area contributed by atoms with E-state index in [1.54, 1.807) is 7.11 Å². The smallest absolute Gasteiger partial charge is 0.127 e. The van der Waals surface area contributed by atoms with Gasteiger partial charge in [0.05, 0.1) is 12.7 Å². The van der Waals surface area contributed by atoms with Gasteiger partial charge >= 0.3 is 0 Å². The standard InChI is InChI=1S/C17H17BrO3/c1-20-10-11-2-4-12(5-3-11)17-9-15(19)14-8-13(18)6-7-16(14)21-17/h2-8,15,17,19H,9-10H2,1H3/t15-,17?/m1/s1.